The molecule has 2 aromatic rings. The summed E-state index contributed by atoms with van der Waals surface area (Å²) < 4.78 is 27.4. The van der Waals surface area contributed by atoms with E-state index in [-0.39, 0.29) is 11.4 Å². The van der Waals surface area contributed by atoms with E-state index >= 15 is 0 Å². The molecule has 134 valence electrons. The van der Waals surface area contributed by atoms with Crippen molar-refractivity contribution in [3.63, 3.8) is 0 Å². The van der Waals surface area contributed by atoms with Crippen LogP contribution in [0.3, 0.4) is 0 Å². The fourth-order valence-electron chi connectivity index (χ4n) is 2.72. The molecule has 0 spiro atoms. The van der Waals surface area contributed by atoms with Gasteiger partial charge in [-0.2, -0.15) is 0 Å². The third kappa shape index (κ3) is 4.48. The number of aromatic nitrogens is 2. The van der Waals surface area contributed by atoms with Gasteiger partial charge in [0, 0.05) is 24.3 Å². The molecule has 3 rings (SSSR count). The van der Waals surface area contributed by atoms with Gasteiger partial charge in [0.15, 0.2) is 0 Å². The lowest BCUT2D eigenvalue weighted by Gasteiger charge is -2.26. The predicted molar refractivity (Wildman–Crippen MR) is 98.3 cm³/mol. The molecule has 0 amide bonds. The van der Waals surface area contributed by atoms with Crippen molar-refractivity contribution in [1.29, 1.82) is 0 Å². The maximum Gasteiger partial charge on any atom is 0.240 e. The fourth-order valence-corrected chi connectivity index (χ4v) is 3.99. The molecule has 0 unspecified atom stereocenters. The van der Waals surface area contributed by atoms with Gasteiger partial charge in [-0.05, 0) is 49.9 Å². The van der Waals surface area contributed by atoms with E-state index in [9.17, 15) is 8.42 Å². The zero-order valence-electron chi connectivity index (χ0n) is 14.1. The lowest BCUT2D eigenvalue weighted by Crippen LogP contribution is -2.31. The molecule has 1 aliphatic rings. The number of halogens is 1. The van der Waals surface area contributed by atoms with Crippen LogP contribution in [-0.4, -0.2) is 31.5 Å². The summed E-state index contributed by atoms with van der Waals surface area (Å²) in [5.41, 5.74) is 1.47. The molecule has 1 aromatic heterocycles. The largest absolute Gasteiger partial charge is 0.341 e. The maximum absolute atomic E-state index is 12.4. The lowest BCUT2D eigenvalue weighted by molar-refractivity contribution is 0.566. The number of anilines is 1. The van der Waals surface area contributed by atoms with Gasteiger partial charge in [-0.3, -0.25) is 0 Å². The zero-order valence-corrected chi connectivity index (χ0v) is 15.6. The number of piperidine rings is 1. The van der Waals surface area contributed by atoms with Crippen LogP contribution in [0.2, 0.25) is 5.02 Å². The van der Waals surface area contributed by atoms with Crippen LogP contribution >= 0.6 is 11.6 Å². The molecule has 1 saturated heterocycles. The van der Waals surface area contributed by atoms with E-state index in [0.29, 0.717) is 16.7 Å². The summed E-state index contributed by atoms with van der Waals surface area (Å²) in [7, 11) is -3.64. The highest BCUT2D eigenvalue weighted by molar-refractivity contribution is 7.89. The summed E-state index contributed by atoms with van der Waals surface area (Å²) in [5.74, 6) is 0.662. The van der Waals surface area contributed by atoms with E-state index in [1.165, 1.54) is 12.5 Å². The Balaban J connectivity index is 1.71. The Labute approximate surface area is 153 Å². The van der Waals surface area contributed by atoms with E-state index in [1.807, 2.05) is 6.92 Å². The van der Waals surface area contributed by atoms with Gasteiger partial charge in [-0.15, -0.1) is 0 Å². The first-order valence-electron chi connectivity index (χ1n) is 8.28. The van der Waals surface area contributed by atoms with E-state index in [1.54, 1.807) is 24.4 Å². The molecule has 0 atom stereocenters. The summed E-state index contributed by atoms with van der Waals surface area (Å²) in [6.07, 6.45) is 5.17. The Kier molecular flexibility index (Phi) is 5.56. The molecule has 0 aliphatic carbocycles. The fraction of sp³-hybridized carbons (Fsp3) is 0.412. The summed E-state index contributed by atoms with van der Waals surface area (Å²) in [6, 6.07) is 6.41. The Morgan fingerprint density at radius 2 is 1.96 bits per heavy atom. The standard InChI is InChI=1S/C17H21ClN4O2S/c1-13-5-6-15(11-16(13)18)25(23,24)20-12-14-7-8-19-17(21-14)22-9-3-2-4-10-22/h5-8,11,20H,2-4,9-10,12H2,1H3. The van der Waals surface area contributed by atoms with Crippen molar-refractivity contribution in [1.82, 2.24) is 14.7 Å². The van der Waals surface area contributed by atoms with Crippen LogP contribution in [0, 0.1) is 6.92 Å². The molecular weight excluding hydrogens is 360 g/mol. The number of aryl methyl sites for hydroxylation is 1. The number of hydrogen-bond acceptors (Lipinski definition) is 5. The summed E-state index contributed by atoms with van der Waals surface area (Å²) >= 11 is 6.03. The van der Waals surface area contributed by atoms with Gasteiger partial charge in [0.25, 0.3) is 0 Å². The first kappa shape index (κ1) is 18.1. The van der Waals surface area contributed by atoms with Gasteiger partial charge >= 0.3 is 0 Å². The summed E-state index contributed by atoms with van der Waals surface area (Å²) in [5, 5.41) is 0.428. The first-order chi connectivity index (χ1) is 12.0. The van der Waals surface area contributed by atoms with Crippen LogP contribution in [-0.2, 0) is 16.6 Å². The van der Waals surface area contributed by atoms with Crippen molar-refractivity contribution >= 4 is 27.6 Å². The second kappa shape index (κ2) is 7.68. The average molecular weight is 381 g/mol. The average Bonchev–Trinajstić information content (AvgIpc) is 2.63. The Hall–Kier alpha value is -1.70. The zero-order chi connectivity index (χ0) is 17.9. The second-order valence-electron chi connectivity index (χ2n) is 6.13. The third-order valence-electron chi connectivity index (χ3n) is 4.24. The minimum Gasteiger partial charge on any atom is -0.341 e. The number of rotatable bonds is 5. The minimum absolute atomic E-state index is 0.108. The van der Waals surface area contributed by atoms with Crippen molar-refractivity contribution in [3.8, 4) is 0 Å². The quantitative estimate of drug-likeness (QED) is 0.863. The summed E-state index contributed by atoms with van der Waals surface area (Å²) in [6.45, 7) is 3.82. The van der Waals surface area contributed by atoms with E-state index in [4.69, 9.17) is 11.6 Å². The van der Waals surface area contributed by atoms with Crippen molar-refractivity contribution in [3.05, 3.63) is 46.7 Å². The Morgan fingerprint density at radius 3 is 2.68 bits per heavy atom. The van der Waals surface area contributed by atoms with Gasteiger partial charge in [-0.1, -0.05) is 17.7 Å². The topological polar surface area (TPSA) is 75.2 Å². The predicted octanol–water partition coefficient (Wildman–Crippen LogP) is 2.91. The van der Waals surface area contributed by atoms with Gasteiger partial charge in [0.2, 0.25) is 16.0 Å². The van der Waals surface area contributed by atoms with Crippen molar-refractivity contribution < 1.29 is 8.42 Å². The van der Waals surface area contributed by atoms with Crippen LogP contribution in [0.1, 0.15) is 30.5 Å². The molecule has 1 fully saturated rings. The Morgan fingerprint density at radius 1 is 1.20 bits per heavy atom. The van der Waals surface area contributed by atoms with E-state index < -0.39 is 10.0 Å². The number of nitrogens with zero attached hydrogens (tertiary/aromatic N) is 3. The van der Waals surface area contributed by atoms with Crippen LogP contribution in [0.5, 0.6) is 0 Å². The lowest BCUT2D eigenvalue weighted by atomic mass is 10.1. The minimum atomic E-state index is -3.64. The van der Waals surface area contributed by atoms with Gasteiger partial charge in [-0.25, -0.2) is 23.1 Å². The molecule has 0 saturated carbocycles. The normalized spacial score (nSPS) is 15.4. The molecule has 0 bridgehead atoms. The van der Waals surface area contributed by atoms with Crippen molar-refractivity contribution in [2.75, 3.05) is 18.0 Å². The molecule has 1 aliphatic heterocycles. The first-order valence-corrected chi connectivity index (χ1v) is 10.1. The highest BCUT2D eigenvalue weighted by Crippen LogP contribution is 2.20. The number of benzene rings is 1. The monoisotopic (exact) mass is 380 g/mol. The number of sulfonamides is 1. The second-order valence-corrected chi connectivity index (χ2v) is 8.31. The molecule has 2 heterocycles. The van der Waals surface area contributed by atoms with Crippen LogP contribution in [0.25, 0.3) is 0 Å². The number of hydrogen-bond donors (Lipinski definition) is 1. The SMILES string of the molecule is Cc1ccc(S(=O)(=O)NCc2ccnc(N3CCCCC3)n2)cc1Cl. The van der Waals surface area contributed by atoms with Crippen molar-refractivity contribution in [2.45, 2.75) is 37.6 Å². The maximum atomic E-state index is 12.4. The molecule has 8 heteroatoms. The van der Waals surface area contributed by atoms with Crippen molar-refractivity contribution in [2.24, 2.45) is 0 Å². The van der Waals surface area contributed by atoms with Gasteiger partial charge in [0.1, 0.15) is 0 Å². The van der Waals surface area contributed by atoms with E-state index in [2.05, 4.69) is 19.6 Å². The van der Waals surface area contributed by atoms with Gasteiger partial charge < -0.3 is 4.90 Å². The molecule has 0 radical (unpaired) electrons. The molecule has 25 heavy (non-hydrogen) atoms. The van der Waals surface area contributed by atoms with Crippen LogP contribution in [0.15, 0.2) is 35.4 Å². The van der Waals surface area contributed by atoms with Gasteiger partial charge in [0.05, 0.1) is 17.1 Å². The van der Waals surface area contributed by atoms with E-state index in [0.717, 1.165) is 31.5 Å². The highest BCUT2D eigenvalue weighted by Gasteiger charge is 2.17. The summed E-state index contributed by atoms with van der Waals surface area (Å²) in [4.78, 5) is 11.1. The molecule has 1 N–H and O–H groups in total. The van der Waals surface area contributed by atoms with Crippen LogP contribution in [0.4, 0.5) is 5.95 Å². The molecule has 1 aromatic carbocycles. The Bertz CT molecular complexity index is 851. The molecular formula is C17H21ClN4O2S. The highest BCUT2D eigenvalue weighted by atomic mass is 35.5. The third-order valence-corrected chi connectivity index (χ3v) is 6.04. The smallest absolute Gasteiger partial charge is 0.240 e. The molecule has 6 nitrogen and oxygen atoms in total. The number of nitrogens with one attached hydrogen (secondary N) is 1. The van der Waals surface area contributed by atoms with Crippen LogP contribution < -0.4 is 9.62 Å².